The summed E-state index contributed by atoms with van der Waals surface area (Å²) < 4.78 is 26.2. The number of hydrogen-bond acceptors (Lipinski definition) is 5. The van der Waals surface area contributed by atoms with E-state index in [1.54, 1.807) is 12.3 Å². The number of aliphatic hydroxyl groups excluding tert-OH is 1. The first-order valence-electron chi connectivity index (χ1n) is 12.6. The first kappa shape index (κ1) is 24.6. The van der Waals surface area contributed by atoms with Gasteiger partial charge in [0.1, 0.15) is 5.82 Å². The molecule has 0 saturated carbocycles. The molecule has 2 aliphatic heterocycles. The fourth-order valence-electron chi connectivity index (χ4n) is 5.17. The quantitative estimate of drug-likeness (QED) is 0.516. The highest BCUT2D eigenvalue weighted by atomic mass is 19.1. The molecule has 2 N–H and O–H groups in total. The number of amides is 1. The summed E-state index contributed by atoms with van der Waals surface area (Å²) in [7, 11) is 0. The number of aliphatic hydroxyl groups is 1. The van der Waals surface area contributed by atoms with E-state index in [0.29, 0.717) is 6.42 Å². The molecule has 3 aromatic rings. The number of nitrogens with one attached hydrogen (secondary N) is 1. The number of carbonyl (C=O) groups is 1. The zero-order valence-electron chi connectivity index (χ0n) is 20.1. The molecule has 188 valence electrons. The van der Waals surface area contributed by atoms with Gasteiger partial charge in [-0.25, -0.2) is 4.39 Å². The van der Waals surface area contributed by atoms with Gasteiger partial charge in [0.05, 0.1) is 37.1 Å². The van der Waals surface area contributed by atoms with Crippen molar-refractivity contribution in [3.05, 3.63) is 90.0 Å². The maximum atomic E-state index is 13.7. The standard InChI is InChI=1S/C29H31FN2O4/c30-23-5-1-3-21(15-23)29(34)32-25-16-28-27(13-11-24(18-33)35-28)36-26(25)12-8-19-6-9-20(10-7-19)22-4-2-14-31-17-22/h1-7,9-10,14-15,17,24-28,33H,8,11-13,16,18H2,(H,32,34)/t24-,25-,26+,27-,28-/m0/s1. The normalized spacial score (nSPS) is 25.7. The molecule has 0 radical (unpaired) electrons. The molecule has 36 heavy (non-hydrogen) atoms. The number of aryl methyl sites for hydroxylation is 1. The van der Waals surface area contributed by atoms with Crippen LogP contribution in [0, 0.1) is 5.82 Å². The second kappa shape index (κ2) is 11.3. The molecule has 5 atom stereocenters. The zero-order valence-corrected chi connectivity index (χ0v) is 20.1. The van der Waals surface area contributed by atoms with E-state index in [0.717, 1.165) is 36.8 Å². The summed E-state index contributed by atoms with van der Waals surface area (Å²) >= 11 is 0. The first-order valence-corrected chi connectivity index (χ1v) is 12.6. The van der Waals surface area contributed by atoms with Crippen LogP contribution in [0.1, 0.15) is 41.6 Å². The minimum absolute atomic E-state index is 0.0258. The van der Waals surface area contributed by atoms with Gasteiger partial charge in [-0.15, -0.1) is 0 Å². The van der Waals surface area contributed by atoms with Crippen LogP contribution in [-0.2, 0) is 15.9 Å². The van der Waals surface area contributed by atoms with Crippen molar-refractivity contribution in [3.8, 4) is 11.1 Å². The average molecular weight is 491 g/mol. The van der Waals surface area contributed by atoms with E-state index in [2.05, 4.69) is 34.6 Å². The molecule has 1 aromatic heterocycles. The molecule has 2 aliphatic rings. The molecule has 0 bridgehead atoms. The maximum absolute atomic E-state index is 13.7. The lowest BCUT2D eigenvalue weighted by atomic mass is 9.88. The predicted octanol–water partition coefficient (Wildman–Crippen LogP) is 4.32. The second-order valence-corrected chi connectivity index (χ2v) is 9.57. The van der Waals surface area contributed by atoms with E-state index >= 15 is 0 Å². The van der Waals surface area contributed by atoms with Crippen LogP contribution in [0.3, 0.4) is 0 Å². The number of rotatable bonds is 7. The van der Waals surface area contributed by atoms with Crippen LogP contribution in [0.15, 0.2) is 73.1 Å². The summed E-state index contributed by atoms with van der Waals surface area (Å²) in [4.78, 5) is 17.1. The van der Waals surface area contributed by atoms with E-state index in [-0.39, 0.29) is 48.5 Å². The molecule has 0 unspecified atom stereocenters. The Kier molecular flexibility index (Phi) is 7.70. The minimum Gasteiger partial charge on any atom is -0.394 e. The van der Waals surface area contributed by atoms with Crippen LogP contribution >= 0.6 is 0 Å². The van der Waals surface area contributed by atoms with Gasteiger partial charge in [-0.3, -0.25) is 9.78 Å². The Bertz CT molecular complexity index is 1160. The molecule has 1 amide bonds. The number of benzene rings is 2. The van der Waals surface area contributed by atoms with Crippen molar-refractivity contribution in [1.82, 2.24) is 10.3 Å². The number of hydrogen-bond donors (Lipinski definition) is 2. The van der Waals surface area contributed by atoms with Crippen LogP contribution in [0.5, 0.6) is 0 Å². The highest BCUT2D eigenvalue weighted by molar-refractivity contribution is 5.94. The molecule has 2 aromatic carbocycles. The van der Waals surface area contributed by atoms with Crippen molar-refractivity contribution in [2.45, 2.75) is 62.6 Å². The maximum Gasteiger partial charge on any atom is 0.251 e. The third-order valence-corrected chi connectivity index (χ3v) is 7.11. The Balaban J connectivity index is 1.28. The SMILES string of the molecule is O=C(N[C@H]1C[C@@H]2O[C@H](CO)CC[C@@H]2O[C@@H]1CCc1ccc(-c2cccnc2)cc1)c1cccc(F)c1. The van der Waals surface area contributed by atoms with Crippen molar-refractivity contribution in [2.75, 3.05) is 6.61 Å². The van der Waals surface area contributed by atoms with Gasteiger partial charge in [0.25, 0.3) is 5.91 Å². The van der Waals surface area contributed by atoms with Gasteiger partial charge in [-0.2, -0.15) is 0 Å². The molecule has 0 spiro atoms. The van der Waals surface area contributed by atoms with E-state index < -0.39 is 5.82 Å². The van der Waals surface area contributed by atoms with E-state index in [4.69, 9.17) is 9.47 Å². The van der Waals surface area contributed by atoms with E-state index in [9.17, 15) is 14.3 Å². The molecule has 3 heterocycles. The number of carbonyl (C=O) groups excluding carboxylic acids is 1. The molecule has 2 saturated heterocycles. The van der Waals surface area contributed by atoms with Crippen molar-refractivity contribution in [2.24, 2.45) is 0 Å². The van der Waals surface area contributed by atoms with Crippen LogP contribution in [0.2, 0.25) is 0 Å². The van der Waals surface area contributed by atoms with Gasteiger partial charge in [-0.1, -0.05) is 36.4 Å². The Morgan fingerprint density at radius 2 is 1.89 bits per heavy atom. The largest absolute Gasteiger partial charge is 0.394 e. The Morgan fingerprint density at radius 1 is 1.03 bits per heavy atom. The molecular formula is C29H31FN2O4. The van der Waals surface area contributed by atoms with E-state index in [1.165, 1.54) is 23.8 Å². The van der Waals surface area contributed by atoms with Gasteiger partial charge in [0, 0.05) is 18.0 Å². The van der Waals surface area contributed by atoms with Gasteiger partial charge >= 0.3 is 0 Å². The van der Waals surface area contributed by atoms with Crippen LogP contribution in [0.4, 0.5) is 4.39 Å². The highest BCUT2D eigenvalue weighted by Crippen LogP contribution is 2.33. The van der Waals surface area contributed by atoms with Gasteiger partial charge in [0.2, 0.25) is 0 Å². The Labute approximate surface area is 210 Å². The summed E-state index contributed by atoms with van der Waals surface area (Å²) in [5.41, 5.74) is 3.65. The fraction of sp³-hybridized carbons (Fsp3) is 0.379. The molecule has 2 fully saturated rings. The second-order valence-electron chi connectivity index (χ2n) is 9.57. The Morgan fingerprint density at radius 3 is 2.64 bits per heavy atom. The molecule has 6 nitrogen and oxygen atoms in total. The molecule has 5 rings (SSSR count). The first-order chi connectivity index (χ1) is 17.6. The summed E-state index contributed by atoms with van der Waals surface area (Å²) in [5, 5.41) is 12.6. The van der Waals surface area contributed by atoms with Crippen molar-refractivity contribution >= 4 is 5.91 Å². The van der Waals surface area contributed by atoms with E-state index in [1.807, 2.05) is 18.3 Å². The van der Waals surface area contributed by atoms with Crippen molar-refractivity contribution in [3.63, 3.8) is 0 Å². The van der Waals surface area contributed by atoms with Gasteiger partial charge in [-0.05, 0) is 73.1 Å². The van der Waals surface area contributed by atoms with Gasteiger partial charge in [0.15, 0.2) is 0 Å². The third-order valence-electron chi connectivity index (χ3n) is 7.11. The monoisotopic (exact) mass is 490 g/mol. The average Bonchev–Trinajstić information content (AvgIpc) is 2.92. The smallest absolute Gasteiger partial charge is 0.251 e. The van der Waals surface area contributed by atoms with Crippen molar-refractivity contribution < 1.29 is 23.8 Å². The third kappa shape index (κ3) is 5.81. The number of aromatic nitrogens is 1. The molecular weight excluding hydrogens is 459 g/mol. The number of fused-ring (bicyclic) bond motifs is 1. The lowest BCUT2D eigenvalue weighted by Gasteiger charge is -2.45. The molecule has 0 aliphatic carbocycles. The number of ether oxygens (including phenoxy) is 2. The lowest BCUT2D eigenvalue weighted by Crippen LogP contribution is -2.57. The molecule has 7 heteroatoms. The number of halogens is 1. The van der Waals surface area contributed by atoms with Gasteiger partial charge < -0.3 is 19.9 Å². The summed E-state index contributed by atoms with van der Waals surface area (Å²) in [6.45, 7) is -0.0258. The van der Waals surface area contributed by atoms with Crippen molar-refractivity contribution in [1.29, 1.82) is 0 Å². The van der Waals surface area contributed by atoms with Crippen LogP contribution < -0.4 is 5.32 Å². The van der Waals surface area contributed by atoms with Crippen LogP contribution in [-0.4, -0.2) is 53.1 Å². The summed E-state index contributed by atoms with van der Waals surface area (Å²) in [6, 6.07) is 17.8. The zero-order chi connectivity index (χ0) is 24.9. The topological polar surface area (TPSA) is 80.7 Å². The minimum atomic E-state index is -0.449. The highest BCUT2D eigenvalue weighted by Gasteiger charge is 2.42. The number of pyridine rings is 1. The number of nitrogens with zero attached hydrogens (tertiary/aromatic N) is 1. The van der Waals surface area contributed by atoms with Crippen LogP contribution in [0.25, 0.3) is 11.1 Å². The lowest BCUT2D eigenvalue weighted by molar-refractivity contribution is -0.201. The summed E-state index contributed by atoms with van der Waals surface area (Å²) in [5.74, 6) is -0.780. The summed E-state index contributed by atoms with van der Waals surface area (Å²) in [6.07, 6.45) is 6.63. The fourth-order valence-corrected chi connectivity index (χ4v) is 5.17. The predicted molar refractivity (Wildman–Crippen MR) is 134 cm³/mol. The Hall–Kier alpha value is -3.13.